The number of ether oxygens (including phenoxy) is 1. The zero-order valence-corrected chi connectivity index (χ0v) is 8.08. The first kappa shape index (κ1) is 10.5. The van der Waals surface area contributed by atoms with Crippen LogP contribution in [0.3, 0.4) is 0 Å². The van der Waals surface area contributed by atoms with E-state index in [9.17, 15) is 4.79 Å². The van der Waals surface area contributed by atoms with Crippen molar-refractivity contribution >= 4 is 5.91 Å². The molecule has 1 aliphatic carbocycles. The van der Waals surface area contributed by atoms with Crippen molar-refractivity contribution in [1.29, 1.82) is 0 Å². The predicted molar refractivity (Wildman–Crippen MR) is 49.7 cm³/mol. The molecule has 1 rings (SSSR count). The highest BCUT2D eigenvalue weighted by molar-refractivity contribution is 5.75. The molecule has 0 unspecified atom stereocenters. The van der Waals surface area contributed by atoms with Crippen LogP contribution in [0.2, 0.25) is 0 Å². The molecule has 0 bridgehead atoms. The van der Waals surface area contributed by atoms with Gasteiger partial charge in [0.25, 0.3) is 0 Å². The molecule has 0 aromatic heterocycles. The van der Waals surface area contributed by atoms with Crippen molar-refractivity contribution in [1.82, 2.24) is 5.43 Å². The van der Waals surface area contributed by atoms with Crippen molar-refractivity contribution in [2.24, 2.45) is 11.8 Å². The molecule has 3 N–H and O–H groups in total. The molecule has 13 heavy (non-hydrogen) atoms. The van der Waals surface area contributed by atoms with Crippen LogP contribution < -0.4 is 11.3 Å². The summed E-state index contributed by atoms with van der Waals surface area (Å²) in [6.07, 6.45) is 5.28. The molecule has 0 radical (unpaired) electrons. The first-order valence-electron chi connectivity index (χ1n) is 4.80. The van der Waals surface area contributed by atoms with Crippen LogP contribution in [0.5, 0.6) is 0 Å². The van der Waals surface area contributed by atoms with Gasteiger partial charge in [0.05, 0.1) is 6.10 Å². The molecule has 0 aliphatic heterocycles. The lowest BCUT2D eigenvalue weighted by molar-refractivity contribution is -0.123. The van der Waals surface area contributed by atoms with Gasteiger partial charge in [0.2, 0.25) is 5.91 Å². The highest BCUT2D eigenvalue weighted by atomic mass is 16.5. The molecule has 1 amide bonds. The molecule has 4 nitrogen and oxygen atoms in total. The first-order valence-corrected chi connectivity index (χ1v) is 4.80. The molecule has 76 valence electrons. The second kappa shape index (κ2) is 5.19. The van der Waals surface area contributed by atoms with Gasteiger partial charge >= 0.3 is 0 Å². The quantitative estimate of drug-likeness (QED) is 0.385. The fourth-order valence-corrected chi connectivity index (χ4v) is 2.01. The normalized spacial score (nSPS) is 28.5. The van der Waals surface area contributed by atoms with Gasteiger partial charge in [0.1, 0.15) is 0 Å². The zero-order chi connectivity index (χ0) is 9.68. The highest BCUT2D eigenvalue weighted by Crippen LogP contribution is 2.28. The fourth-order valence-electron chi connectivity index (χ4n) is 2.01. The summed E-state index contributed by atoms with van der Waals surface area (Å²) in [5.41, 5.74) is 2.16. The SMILES string of the molecule is CO[C@H]1CCCC[C@H]1CC(=O)NN. The summed E-state index contributed by atoms with van der Waals surface area (Å²) in [6, 6.07) is 0. The summed E-state index contributed by atoms with van der Waals surface area (Å²) in [6.45, 7) is 0. The number of carbonyl (C=O) groups excluding carboxylic acids is 1. The van der Waals surface area contributed by atoms with Crippen LogP contribution in [0.15, 0.2) is 0 Å². The van der Waals surface area contributed by atoms with E-state index in [1.807, 2.05) is 0 Å². The van der Waals surface area contributed by atoms with E-state index in [-0.39, 0.29) is 12.0 Å². The lowest BCUT2D eigenvalue weighted by Gasteiger charge is -2.29. The van der Waals surface area contributed by atoms with E-state index >= 15 is 0 Å². The maximum atomic E-state index is 11.0. The Bertz CT molecular complexity index is 173. The highest BCUT2D eigenvalue weighted by Gasteiger charge is 2.26. The number of nitrogens with one attached hydrogen (secondary N) is 1. The number of carbonyl (C=O) groups is 1. The minimum atomic E-state index is -0.0889. The number of hydrogen-bond acceptors (Lipinski definition) is 3. The maximum Gasteiger partial charge on any atom is 0.234 e. The molecule has 0 aromatic rings. The number of methoxy groups -OCH3 is 1. The Kier molecular flexibility index (Phi) is 4.18. The average Bonchev–Trinajstić information content (AvgIpc) is 2.18. The summed E-state index contributed by atoms with van der Waals surface area (Å²) in [5.74, 6) is 5.30. The molecule has 1 aliphatic rings. The van der Waals surface area contributed by atoms with Crippen LogP contribution in [0.1, 0.15) is 32.1 Å². The topological polar surface area (TPSA) is 64.3 Å². The van der Waals surface area contributed by atoms with Crippen molar-refractivity contribution in [3.05, 3.63) is 0 Å². The predicted octanol–water partition coefficient (Wildman–Crippen LogP) is 0.572. The fraction of sp³-hybridized carbons (Fsp3) is 0.889. The van der Waals surface area contributed by atoms with E-state index in [4.69, 9.17) is 10.6 Å². The summed E-state index contributed by atoms with van der Waals surface area (Å²) in [7, 11) is 1.71. The Labute approximate surface area is 78.8 Å². The third kappa shape index (κ3) is 2.97. The monoisotopic (exact) mass is 186 g/mol. The number of hydrogen-bond donors (Lipinski definition) is 2. The van der Waals surface area contributed by atoms with E-state index in [1.54, 1.807) is 7.11 Å². The molecule has 0 saturated heterocycles. The Morgan fingerprint density at radius 3 is 2.85 bits per heavy atom. The summed E-state index contributed by atoms with van der Waals surface area (Å²) in [5, 5.41) is 0. The molecular weight excluding hydrogens is 168 g/mol. The van der Waals surface area contributed by atoms with Gasteiger partial charge in [0.15, 0.2) is 0 Å². The smallest absolute Gasteiger partial charge is 0.234 e. The lowest BCUT2D eigenvalue weighted by Crippen LogP contribution is -2.36. The minimum absolute atomic E-state index is 0.0889. The van der Waals surface area contributed by atoms with E-state index < -0.39 is 0 Å². The van der Waals surface area contributed by atoms with Gasteiger partial charge in [-0.3, -0.25) is 10.2 Å². The molecular formula is C9H18N2O2. The minimum Gasteiger partial charge on any atom is -0.381 e. The third-order valence-electron chi connectivity index (χ3n) is 2.75. The zero-order valence-electron chi connectivity index (χ0n) is 8.08. The van der Waals surface area contributed by atoms with Crippen molar-refractivity contribution in [2.75, 3.05) is 7.11 Å². The molecule has 0 heterocycles. The number of rotatable bonds is 3. The summed E-state index contributed by atoms with van der Waals surface area (Å²) >= 11 is 0. The van der Waals surface area contributed by atoms with Crippen molar-refractivity contribution in [3.63, 3.8) is 0 Å². The van der Waals surface area contributed by atoms with Gasteiger partial charge < -0.3 is 4.74 Å². The van der Waals surface area contributed by atoms with Crippen LogP contribution in [0.25, 0.3) is 0 Å². The van der Waals surface area contributed by atoms with Gasteiger partial charge in [-0.25, -0.2) is 5.84 Å². The van der Waals surface area contributed by atoms with Gasteiger partial charge in [-0.05, 0) is 18.8 Å². The van der Waals surface area contributed by atoms with Crippen LogP contribution in [0.4, 0.5) is 0 Å². The maximum absolute atomic E-state index is 11.0. The second-order valence-corrected chi connectivity index (χ2v) is 3.59. The number of amides is 1. The molecule has 0 aromatic carbocycles. The second-order valence-electron chi connectivity index (χ2n) is 3.59. The van der Waals surface area contributed by atoms with E-state index in [0.717, 1.165) is 12.8 Å². The molecule has 0 spiro atoms. The van der Waals surface area contributed by atoms with Crippen LogP contribution in [-0.4, -0.2) is 19.1 Å². The Morgan fingerprint density at radius 2 is 2.23 bits per heavy atom. The number of hydrazine groups is 1. The largest absolute Gasteiger partial charge is 0.381 e. The van der Waals surface area contributed by atoms with Crippen molar-refractivity contribution in [3.8, 4) is 0 Å². The molecule has 1 saturated carbocycles. The summed E-state index contributed by atoms with van der Waals surface area (Å²) in [4.78, 5) is 11.0. The standard InChI is InChI=1S/C9H18N2O2/c1-13-8-5-3-2-4-7(8)6-9(12)11-10/h7-8H,2-6,10H2,1H3,(H,11,12)/t7-,8-/m0/s1. The van der Waals surface area contributed by atoms with Crippen LogP contribution in [0, 0.1) is 5.92 Å². The first-order chi connectivity index (χ1) is 6.27. The van der Waals surface area contributed by atoms with Gasteiger partial charge in [-0.2, -0.15) is 0 Å². The third-order valence-corrected chi connectivity index (χ3v) is 2.75. The van der Waals surface area contributed by atoms with E-state index in [1.165, 1.54) is 12.8 Å². The molecule has 1 fully saturated rings. The lowest BCUT2D eigenvalue weighted by atomic mass is 9.84. The van der Waals surface area contributed by atoms with Gasteiger partial charge in [0, 0.05) is 13.5 Å². The summed E-state index contributed by atoms with van der Waals surface area (Å²) < 4.78 is 5.33. The van der Waals surface area contributed by atoms with E-state index in [0.29, 0.717) is 12.3 Å². The average molecular weight is 186 g/mol. The van der Waals surface area contributed by atoms with E-state index in [2.05, 4.69) is 5.43 Å². The van der Waals surface area contributed by atoms with Gasteiger partial charge in [-0.1, -0.05) is 12.8 Å². The Morgan fingerprint density at radius 1 is 1.54 bits per heavy atom. The van der Waals surface area contributed by atoms with Crippen molar-refractivity contribution in [2.45, 2.75) is 38.2 Å². The Hall–Kier alpha value is -0.610. The molecule has 2 atom stereocenters. The van der Waals surface area contributed by atoms with Crippen LogP contribution in [-0.2, 0) is 9.53 Å². The van der Waals surface area contributed by atoms with Gasteiger partial charge in [-0.15, -0.1) is 0 Å². The van der Waals surface area contributed by atoms with Crippen LogP contribution >= 0.6 is 0 Å². The van der Waals surface area contributed by atoms with Crippen molar-refractivity contribution < 1.29 is 9.53 Å². The molecule has 4 heteroatoms. The number of nitrogens with two attached hydrogens (primary N) is 1. The Balaban J connectivity index is 2.40.